The first kappa shape index (κ1) is 20.4. The van der Waals surface area contributed by atoms with Crippen LogP contribution in [0.1, 0.15) is 79.1 Å². The summed E-state index contributed by atoms with van der Waals surface area (Å²) in [4.78, 5) is 16.2. The molecule has 1 aliphatic rings. The zero-order valence-corrected chi connectivity index (χ0v) is 17.6. The lowest BCUT2D eigenvalue weighted by Gasteiger charge is -2.27. The Kier molecular flexibility index (Phi) is 6.07. The Morgan fingerprint density at radius 1 is 1.21 bits per heavy atom. The molecule has 3 rings (SSSR count). The first-order chi connectivity index (χ1) is 13.3. The minimum atomic E-state index is -0.304. The highest BCUT2D eigenvalue weighted by Crippen LogP contribution is 2.39. The summed E-state index contributed by atoms with van der Waals surface area (Å²) in [7, 11) is 0. The van der Waals surface area contributed by atoms with Crippen molar-refractivity contribution in [3.63, 3.8) is 0 Å². The standard InChI is InChI=1S/C24H31NO3/c1-14-7-6-8-19(11-14)24-22(27)10-9-20(25-24)13-21-15(2)12-23(28-18(5)26)17(4)16(21)3/h9-10,12,14,19,27H,6-8,11,13H2,1-5H3. The molecule has 0 spiro atoms. The van der Waals surface area contributed by atoms with Crippen LogP contribution in [0, 0.1) is 26.7 Å². The second kappa shape index (κ2) is 8.34. The number of aromatic nitrogens is 1. The summed E-state index contributed by atoms with van der Waals surface area (Å²) in [6, 6.07) is 5.64. The van der Waals surface area contributed by atoms with Crippen LogP contribution in [0.5, 0.6) is 11.5 Å². The third-order valence-electron chi connectivity index (χ3n) is 6.10. The van der Waals surface area contributed by atoms with Gasteiger partial charge in [-0.05, 0) is 80.0 Å². The number of aryl methyl sites for hydroxylation is 1. The zero-order valence-electron chi connectivity index (χ0n) is 17.6. The highest BCUT2D eigenvalue weighted by molar-refractivity contribution is 5.70. The number of rotatable bonds is 4. The number of nitrogens with zero attached hydrogens (tertiary/aromatic N) is 1. The van der Waals surface area contributed by atoms with Crippen molar-refractivity contribution in [1.29, 1.82) is 0 Å². The molecule has 0 radical (unpaired) electrons. The quantitative estimate of drug-likeness (QED) is 0.559. The summed E-state index contributed by atoms with van der Waals surface area (Å²) in [5.41, 5.74) is 6.22. The Bertz CT molecular complexity index is 888. The van der Waals surface area contributed by atoms with Crippen LogP contribution in [0.3, 0.4) is 0 Å². The normalized spacial score (nSPS) is 19.5. The third-order valence-corrected chi connectivity index (χ3v) is 6.10. The predicted octanol–water partition coefficient (Wildman–Crippen LogP) is 5.52. The van der Waals surface area contributed by atoms with Crippen LogP contribution in [0.4, 0.5) is 0 Å². The van der Waals surface area contributed by atoms with Crippen LogP contribution >= 0.6 is 0 Å². The summed E-state index contributed by atoms with van der Waals surface area (Å²) < 4.78 is 5.35. The van der Waals surface area contributed by atoms with E-state index < -0.39 is 0 Å². The second-order valence-electron chi connectivity index (χ2n) is 8.37. The number of ether oxygens (including phenoxy) is 1. The molecule has 150 valence electrons. The second-order valence-corrected chi connectivity index (χ2v) is 8.37. The highest BCUT2D eigenvalue weighted by Gasteiger charge is 2.24. The fourth-order valence-electron chi connectivity index (χ4n) is 4.40. The van der Waals surface area contributed by atoms with E-state index in [-0.39, 0.29) is 5.97 Å². The minimum Gasteiger partial charge on any atom is -0.506 e. The van der Waals surface area contributed by atoms with Gasteiger partial charge in [0.05, 0.1) is 5.69 Å². The number of carbonyl (C=O) groups is 1. The van der Waals surface area contributed by atoms with Crippen LogP contribution in [-0.4, -0.2) is 16.1 Å². The van der Waals surface area contributed by atoms with E-state index in [9.17, 15) is 9.90 Å². The number of pyridine rings is 1. The smallest absolute Gasteiger partial charge is 0.308 e. The number of benzene rings is 1. The van der Waals surface area contributed by atoms with Gasteiger partial charge in [-0.2, -0.15) is 0 Å². The molecule has 2 unspecified atom stereocenters. The van der Waals surface area contributed by atoms with Gasteiger partial charge in [-0.1, -0.05) is 19.8 Å². The molecule has 1 aromatic carbocycles. The molecule has 1 heterocycles. The van der Waals surface area contributed by atoms with Crippen LogP contribution < -0.4 is 4.74 Å². The maximum Gasteiger partial charge on any atom is 0.308 e. The van der Waals surface area contributed by atoms with E-state index in [1.807, 2.05) is 26.0 Å². The monoisotopic (exact) mass is 381 g/mol. The van der Waals surface area contributed by atoms with Gasteiger partial charge in [-0.15, -0.1) is 0 Å². The number of hydrogen-bond donors (Lipinski definition) is 1. The Labute approximate surface area is 168 Å². The van der Waals surface area contributed by atoms with Crippen molar-refractivity contribution in [3.05, 3.63) is 51.8 Å². The molecule has 4 nitrogen and oxygen atoms in total. The summed E-state index contributed by atoms with van der Waals surface area (Å²) in [6.45, 7) is 9.79. The zero-order chi connectivity index (χ0) is 20.4. The summed E-state index contributed by atoms with van der Waals surface area (Å²) in [5.74, 6) is 1.67. The molecule has 28 heavy (non-hydrogen) atoms. The fourth-order valence-corrected chi connectivity index (χ4v) is 4.40. The van der Waals surface area contributed by atoms with Crippen molar-refractivity contribution in [3.8, 4) is 11.5 Å². The number of esters is 1. The van der Waals surface area contributed by atoms with Gasteiger partial charge in [-0.3, -0.25) is 9.78 Å². The Morgan fingerprint density at radius 2 is 1.96 bits per heavy atom. The van der Waals surface area contributed by atoms with E-state index in [2.05, 4.69) is 13.8 Å². The summed E-state index contributed by atoms with van der Waals surface area (Å²) >= 11 is 0. The number of carbonyl (C=O) groups excluding carboxylic acids is 1. The van der Waals surface area contributed by atoms with Crippen molar-refractivity contribution in [2.24, 2.45) is 5.92 Å². The van der Waals surface area contributed by atoms with E-state index in [1.54, 1.807) is 6.07 Å². The SMILES string of the molecule is CC(=O)Oc1cc(C)c(Cc2ccc(O)c(C3CCCC(C)C3)n2)c(C)c1C. The topological polar surface area (TPSA) is 59.4 Å². The van der Waals surface area contributed by atoms with Crippen LogP contribution in [-0.2, 0) is 11.2 Å². The van der Waals surface area contributed by atoms with Gasteiger partial charge in [0.15, 0.2) is 0 Å². The third kappa shape index (κ3) is 4.37. The van der Waals surface area contributed by atoms with Gasteiger partial charge in [0.1, 0.15) is 11.5 Å². The summed E-state index contributed by atoms with van der Waals surface area (Å²) in [5, 5.41) is 10.4. The van der Waals surface area contributed by atoms with Gasteiger partial charge >= 0.3 is 5.97 Å². The molecule has 1 aliphatic carbocycles. The highest BCUT2D eigenvalue weighted by atomic mass is 16.5. The Morgan fingerprint density at radius 3 is 2.64 bits per heavy atom. The maximum absolute atomic E-state index is 11.4. The largest absolute Gasteiger partial charge is 0.506 e. The molecule has 1 fully saturated rings. The van der Waals surface area contributed by atoms with Crippen LogP contribution in [0.25, 0.3) is 0 Å². The predicted molar refractivity (Wildman–Crippen MR) is 111 cm³/mol. The molecule has 0 amide bonds. The molecule has 1 aromatic heterocycles. The van der Waals surface area contributed by atoms with E-state index in [0.29, 0.717) is 29.8 Å². The molecule has 4 heteroatoms. The minimum absolute atomic E-state index is 0.304. The number of hydrogen-bond acceptors (Lipinski definition) is 4. The lowest BCUT2D eigenvalue weighted by atomic mass is 9.80. The number of aromatic hydroxyl groups is 1. The molecule has 1 saturated carbocycles. The van der Waals surface area contributed by atoms with E-state index in [1.165, 1.54) is 25.3 Å². The van der Waals surface area contributed by atoms with Gasteiger partial charge in [-0.25, -0.2) is 0 Å². The average molecular weight is 382 g/mol. The fraction of sp³-hybridized carbons (Fsp3) is 0.500. The lowest BCUT2D eigenvalue weighted by Crippen LogP contribution is -2.14. The van der Waals surface area contributed by atoms with Gasteiger partial charge in [0.2, 0.25) is 0 Å². The molecule has 2 aromatic rings. The van der Waals surface area contributed by atoms with Gasteiger partial charge in [0.25, 0.3) is 0 Å². The Balaban J connectivity index is 1.91. The molecule has 2 atom stereocenters. The average Bonchev–Trinajstić information content (AvgIpc) is 2.64. The van der Waals surface area contributed by atoms with E-state index >= 15 is 0 Å². The maximum atomic E-state index is 11.4. The van der Waals surface area contributed by atoms with Crippen molar-refractivity contribution in [1.82, 2.24) is 4.98 Å². The van der Waals surface area contributed by atoms with Gasteiger partial charge < -0.3 is 9.84 Å². The molecule has 1 N–H and O–H groups in total. The van der Waals surface area contributed by atoms with Crippen molar-refractivity contribution in [2.45, 2.75) is 72.6 Å². The van der Waals surface area contributed by atoms with E-state index in [4.69, 9.17) is 9.72 Å². The molecule has 0 aliphatic heterocycles. The van der Waals surface area contributed by atoms with Crippen LogP contribution in [0.2, 0.25) is 0 Å². The van der Waals surface area contributed by atoms with Gasteiger partial charge in [0, 0.05) is 25.0 Å². The first-order valence-electron chi connectivity index (χ1n) is 10.2. The van der Waals surface area contributed by atoms with Crippen molar-refractivity contribution in [2.75, 3.05) is 0 Å². The first-order valence-corrected chi connectivity index (χ1v) is 10.2. The van der Waals surface area contributed by atoms with Crippen molar-refractivity contribution >= 4 is 5.97 Å². The Hall–Kier alpha value is -2.36. The van der Waals surface area contributed by atoms with Crippen molar-refractivity contribution < 1.29 is 14.6 Å². The molecular weight excluding hydrogens is 350 g/mol. The summed E-state index contributed by atoms with van der Waals surface area (Å²) in [6.07, 6.45) is 5.37. The van der Waals surface area contributed by atoms with Crippen LogP contribution in [0.15, 0.2) is 18.2 Å². The molecule has 0 saturated heterocycles. The molecular formula is C24H31NO3. The lowest BCUT2D eigenvalue weighted by molar-refractivity contribution is -0.131. The molecule has 0 bridgehead atoms. The van der Waals surface area contributed by atoms with E-state index in [0.717, 1.165) is 40.9 Å².